The summed E-state index contributed by atoms with van der Waals surface area (Å²) in [7, 11) is 0. The maximum atomic E-state index is 11.4. The lowest BCUT2D eigenvalue weighted by Crippen LogP contribution is -2.28. The molecule has 0 radical (unpaired) electrons. The van der Waals surface area contributed by atoms with Crippen molar-refractivity contribution in [2.75, 3.05) is 4.90 Å². The van der Waals surface area contributed by atoms with Gasteiger partial charge in [-0.05, 0) is 43.2 Å². The Bertz CT molecular complexity index is 1110. The number of hydrogen-bond acceptors (Lipinski definition) is 4. The number of aliphatic hydroxyl groups is 1. The molecule has 2 aromatic heterocycles. The minimum absolute atomic E-state index is 0.531. The summed E-state index contributed by atoms with van der Waals surface area (Å²) in [5, 5.41) is 13.0. The zero-order valence-electron chi connectivity index (χ0n) is 15.8. The van der Waals surface area contributed by atoms with E-state index in [1.165, 1.54) is 16.9 Å². The molecule has 1 atom stereocenters. The second kappa shape index (κ2) is 7.92. The van der Waals surface area contributed by atoms with Gasteiger partial charge in [0.1, 0.15) is 0 Å². The fraction of sp³-hybridized carbons (Fsp3) is 0.174. The molecule has 4 rings (SSSR count). The minimum Gasteiger partial charge on any atom is -0.368 e. The molecule has 1 unspecified atom stereocenters. The predicted molar refractivity (Wildman–Crippen MR) is 118 cm³/mol. The molecule has 0 aliphatic carbocycles. The molecular weight excluding hydrogens is 388 g/mol. The Kier molecular flexibility index (Phi) is 5.36. The van der Waals surface area contributed by atoms with Crippen LogP contribution in [0.5, 0.6) is 0 Å². The van der Waals surface area contributed by atoms with Crippen molar-refractivity contribution in [2.45, 2.75) is 26.6 Å². The first-order valence-corrected chi connectivity index (χ1v) is 10.3. The topological polar surface area (TPSA) is 36.4 Å². The number of nitrogens with zero attached hydrogens (tertiary/aromatic N) is 2. The Morgan fingerprint density at radius 1 is 1.11 bits per heavy atom. The van der Waals surface area contributed by atoms with E-state index in [0.29, 0.717) is 11.6 Å². The monoisotopic (exact) mass is 408 g/mol. The molecule has 142 valence electrons. The molecule has 2 aromatic carbocycles. The molecule has 1 N–H and O–H groups in total. The number of halogens is 1. The summed E-state index contributed by atoms with van der Waals surface area (Å²) < 4.78 is 1.07. The second-order valence-corrected chi connectivity index (χ2v) is 8.39. The van der Waals surface area contributed by atoms with Crippen LogP contribution in [-0.4, -0.2) is 10.1 Å². The van der Waals surface area contributed by atoms with Gasteiger partial charge in [0.15, 0.2) is 6.23 Å². The Labute approximate surface area is 173 Å². The summed E-state index contributed by atoms with van der Waals surface area (Å²) in [5.41, 5.74) is 4.31. The fourth-order valence-electron chi connectivity index (χ4n) is 3.46. The molecule has 0 bridgehead atoms. The van der Waals surface area contributed by atoms with Gasteiger partial charge in [-0.1, -0.05) is 53.6 Å². The number of aryl methyl sites for hydroxylation is 2. The number of aliphatic hydroxyl groups excluding tert-OH is 1. The van der Waals surface area contributed by atoms with Gasteiger partial charge in [0.05, 0.1) is 9.90 Å². The van der Waals surface area contributed by atoms with Gasteiger partial charge in [0, 0.05) is 34.7 Å². The van der Waals surface area contributed by atoms with E-state index in [0.717, 1.165) is 31.8 Å². The number of benzene rings is 2. The van der Waals surface area contributed by atoms with Crippen molar-refractivity contribution < 1.29 is 5.11 Å². The maximum absolute atomic E-state index is 11.4. The molecule has 0 aliphatic rings. The maximum Gasteiger partial charge on any atom is 0.164 e. The Morgan fingerprint density at radius 2 is 1.93 bits per heavy atom. The van der Waals surface area contributed by atoms with E-state index < -0.39 is 6.23 Å². The van der Waals surface area contributed by atoms with Gasteiger partial charge in [-0.25, -0.2) is 0 Å². The normalized spacial score (nSPS) is 12.3. The Morgan fingerprint density at radius 3 is 2.64 bits per heavy atom. The first-order chi connectivity index (χ1) is 13.5. The molecule has 4 aromatic rings. The fourth-order valence-corrected chi connectivity index (χ4v) is 4.99. The average molecular weight is 409 g/mol. The summed E-state index contributed by atoms with van der Waals surface area (Å²) in [4.78, 5) is 6.97. The van der Waals surface area contributed by atoms with Crippen LogP contribution in [-0.2, 0) is 6.54 Å². The Balaban J connectivity index is 1.80. The van der Waals surface area contributed by atoms with Crippen molar-refractivity contribution in [3.8, 4) is 0 Å². The Hall–Kier alpha value is -2.40. The first kappa shape index (κ1) is 18.9. The van der Waals surface area contributed by atoms with Crippen molar-refractivity contribution in [1.82, 2.24) is 4.98 Å². The van der Waals surface area contributed by atoms with E-state index in [4.69, 9.17) is 11.6 Å². The zero-order valence-corrected chi connectivity index (χ0v) is 17.3. The molecule has 5 heteroatoms. The van der Waals surface area contributed by atoms with Crippen LogP contribution >= 0.6 is 22.9 Å². The molecule has 2 heterocycles. The van der Waals surface area contributed by atoms with Crippen LogP contribution in [0.2, 0.25) is 5.02 Å². The van der Waals surface area contributed by atoms with Crippen LogP contribution in [0.1, 0.15) is 27.8 Å². The number of pyridine rings is 1. The lowest BCUT2D eigenvalue weighted by atomic mass is 10.1. The summed E-state index contributed by atoms with van der Waals surface area (Å²) in [5.74, 6) is 0. The largest absolute Gasteiger partial charge is 0.368 e. The summed E-state index contributed by atoms with van der Waals surface area (Å²) in [6.07, 6.45) is 2.73. The quantitative estimate of drug-likeness (QED) is 0.395. The smallest absolute Gasteiger partial charge is 0.164 e. The van der Waals surface area contributed by atoms with Crippen LogP contribution in [0.3, 0.4) is 0 Å². The van der Waals surface area contributed by atoms with Gasteiger partial charge in [-0.2, -0.15) is 0 Å². The molecule has 0 amide bonds. The molecule has 0 saturated carbocycles. The highest BCUT2D eigenvalue weighted by molar-refractivity contribution is 7.19. The molecule has 0 aliphatic heterocycles. The molecule has 0 fully saturated rings. The standard InChI is InChI=1S/C23H21ClN2OS/c1-15-9-10-19(16(2)12-15)26(14-17-6-5-11-25-13-17)23(27)22-21(24)18-7-3-4-8-20(18)28-22/h3-13,23,27H,14H2,1-2H3. The number of anilines is 1. The average Bonchev–Trinajstić information content (AvgIpc) is 3.04. The van der Waals surface area contributed by atoms with Crippen LogP contribution < -0.4 is 4.90 Å². The summed E-state index contributed by atoms with van der Waals surface area (Å²) in [6, 6.07) is 18.2. The zero-order chi connectivity index (χ0) is 19.7. The van der Waals surface area contributed by atoms with E-state index in [-0.39, 0.29) is 0 Å². The van der Waals surface area contributed by atoms with E-state index in [2.05, 4.69) is 37.0 Å². The van der Waals surface area contributed by atoms with Gasteiger partial charge in [-0.3, -0.25) is 4.98 Å². The number of aromatic nitrogens is 1. The summed E-state index contributed by atoms with van der Waals surface area (Å²) >= 11 is 8.20. The van der Waals surface area contributed by atoms with Crippen LogP contribution in [0, 0.1) is 13.8 Å². The third-order valence-corrected chi connectivity index (χ3v) is 6.56. The van der Waals surface area contributed by atoms with Crippen molar-refractivity contribution in [3.63, 3.8) is 0 Å². The van der Waals surface area contributed by atoms with E-state index in [1.807, 2.05) is 47.5 Å². The van der Waals surface area contributed by atoms with E-state index in [1.54, 1.807) is 6.20 Å². The highest BCUT2D eigenvalue weighted by Gasteiger charge is 2.25. The number of fused-ring (bicyclic) bond motifs is 1. The van der Waals surface area contributed by atoms with Crippen LogP contribution in [0.15, 0.2) is 67.0 Å². The molecule has 0 saturated heterocycles. The highest BCUT2D eigenvalue weighted by Crippen LogP contribution is 2.42. The number of rotatable bonds is 5. The molecule has 3 nitrogen and oxygen atoms in total. The third-order valence-electron chi connectivity index (χ3n) is 4.83. The number of hydrogen-bond donors (Lipinski definition) is 1. The number of thiophene rings is 1. The van der Waals surface area contributed by atoms with Gasteiger partial charge >= 0.3 is 0 Å². The second-order valence-electron chi connectivity index (χ2n) is 6.93. The van der Waals surface area contributed by atoms with Crippen LogP contribution in [0.25, 0.3) is 10.1 Å². The van der Waals surface area contributed by atoms with Crippen molar-refractivity contribution >= 4 is 38.7 Å². The van der Waals surface area contributed by atoms with Crippen molar-refractivity contribution in [2.24, 2.45) is 0 Å². The van der Waals surface area contributed by atoms with Gasteiger partial charge in [0.25, 0.3) is 0 Å². The molecule has 0 spiro atoms. The minimum atomic E-state index is -0.855. The van der Waals surface area contributed by atoms with Gasteiger partial charge in [-0.15, -0.1) is 11.3 Å². The van der Waals surface area contributed by atoms with E-state index in [9.17, 15) is 5.11 Å². The SMILES string of the molecule is Cc1ccc(N(Cc2cccnc2)C(O)c2sc3ccccc3c2Cl)c(C)c1. The first-order valence-electron chi connectivity index (χ1n) is 9.12. The van der Waals surface area contributed by atoms with Crippen LogP contribution in [0.4, 0.5) is 5.69 Å². The lowest BCUT2D eigenvalue weighted by Gasteiger charge is -2.31. The predicted octanol–water partition coefficient (Wildman–Crippen LogP) is 6.26. The van der Waals surface area contributed by atoms with Crippen molar-refractivity contribution in [1.29, 1.82) is 0 Å². The van der Waals surface area contributed by atoms with Gasteiger partial charge < -0.3 is 10.0 Å². The third kappa shape index (κ3) is 3.63. The van der Waals surface area contributed by atoms with Gasteiger partial charge in [0.2, 0.25) is 0 Å². The molecular formula is C23H21ClN2OS. The highest BCUT2D eigenvalue weighted by atomic mass is 35.5. The molecule has 28 heavy (non-hydrogen) atoms. The summed E-state index contributed by atoms with van der Waals surface area (Å²) in [6.45, 7) is 4.67. The van der Waals surface area contributed by atoms with E-state index >= 15 is 0 Å². The van der Waals surface area contributed by atoms with Crippen molar-refractivity contribution in [3.05, 3.63) is 93.6 Å². The lowest BCUT2D eigenvalue weighted by molar-refractivity contribution is 0.173.